The Balaban J connectivity index is 2.16. The summed E-state index contributed by atoms with van der Waals surface area (Å²) in [6.07, 6.45) is 0.603. The Hall–Kier alpha value is -1.53. The van der Waals surface area contributed by atoms with Crippen molar-refractivity contribution < 1.29 is 0 Å². The third kappa shape index (κ3) is 2.65. The van der Waals surface area contributed by atoms with Crippen molar-refractivity contribution in [3.8, 4) is 6.07 Å². The molecule has 0 spiro atoms. The highest BCUT2D eigenvalue weighted by atomic mass is 15.3. The van der Waals surface area contributed by atoms with Crippen molar-refractivity contribution in [2.45, 2.75) is 32.4 Å². The van der Waals surface area contributed by atoms with Crippen molar-refractivity contribution in [1.29, 1.82) is 5.26 Å². The van der Waals surface area contributed by atoms with Gasteiger partial charge in [0, 0.05) is 30.9 Å². The van der Waals surface area contributed by atoms with Gasteiger partial charge in [0.25, 0.3) is 0 Å². The van der Waals surface area contributed by atoms with Crippen LogP contribution in [-0.4, -0.2) is 37.1 Å². The lowest BCUT2D eigenvalue weighted by atomic mass is 10.0. The lowest BCUT2D eigenvalue weighted by molar-refractivity contribution is 0.194. The summed E-state index contributed by atoms with van der Waals surface area (Å²) in [6, 6.07) is 11.8. The van der Waals surface area contributed by atoms with Gasteiger partial charge in [-0.3, -0.25) is 4.90 Å². The standard InChI is InChI=1S/C15H21N3/c1-12-4-6-14(7-5-12)18-11-15(8-9-16)17(3)10-13(18)2/h4-7,13,15H,8,10-11H2,1-3H3. The molecule has 1 aliphatic heterocycles. The minimum Gasteiger partial charge on any atom is -0.366 e. The Bertz CT molecular complexity index is 432. The normalized spacial score (nSPS) is 24.9. The van der Waals surface area contributed by atoms with Crippen LogP contribution in [-0.2, 0) is 0 Å². The largest absolute Gasteiger partial charge is 0.366 e. The number of hydrogen-bond acceptors (Lipinski definition) is 3. The van der Waals surface area contributed by atoms with Gasteiger partial charge in [-0.15, -0.1) is 0 Å². The average molecular weight is 243 g/mol. The molecule has 1 heterocycles. The third-order valence-electron chi connectivity index (χ3n) is 3.81. The second-order valence-corrected chi connectivity index (χ2v) is 5.29. The van der Waals surface area contributed by atoms with Crippen LogP contribution in [0.15, 0.2) is 24.3 Å². The number of nitrogens with zero attached hydrogens (tertiary/aromatic N) is 3. The molecule has 18 heavy (non-hydrogen) atoms. The second-order valence-electron chi connectivity index (χ2n) is 5.29. The third-order valence-corrected chi connectivity index (χ3v) is 3.81. The molecule has 0 amide bonds. The summed E-state index contributed by atoms with van der Waals surface area (Å²) in [5.74, 6) is 0. The maximum absolute atomic E-state index is 8.90. The van der Waals surface area contributed by atoms with Crippen molar-refractivity contribution in [3.63, 3.8) is 0 Å². The van der Waals surface area contributed by atoms with E-state index in [0.29, 0.717) is 18.5 Å². The summed E-state index contributed by atoms with van der Waals surface area (Å²) in [7, 11) is 2.12. The topological polar surface area (TPSA) is 30.3 Å². The van der Waals surface area contributed by atoms with Gasteiger partial charge >= 0.3 is 0 Å². The van der Waals surface area contributed by atoms with Crippen LogP contribution in [0.2, 0.25) is 0 Å². The quantitative estimate of drug-likeness (QED) is 0.799. The molecule has 3 nitrogen and oxygen atoms in total. The molecule has 96 valence electrons. The summed E-state index contributed by atoms with van der Waals surface area (Å²) in [4.78, 5) is 4.72. The maximum Gasteiger partial charge on any atom is 0.0638 e. The molecule has 0 aliphatic carbocycles. The summed E-state index contributed by atoms with van der Waals surface area (Å²) in [5, 5.41) is 8.90. The highest BCUT2D eigenvalue weighted by Gasteiger charge is 2.29. The lowest BCUT2D eigenvalue weighted by Crippen LogP contribution is -2.56. The van der Waals surface area contributed by atoms with Crippen LogP contribution < -0.4 is 4.90 Å². The van der Waals surface area contributed by atoms with Crippen LogP contribution in [0, 0.1) is 18.3 Å². The van der Waals surface area contributed by atoms with Gasteiger partial charge in [0.1, 0.15) is 0 Å². The molecule has 2 atom stereocenters. The summed E-state index contributed by atoms with van der Waals surface area (Å²) in [5.41, 5.74) is 2.55. The molecule has 1 fully saturated rings. The molecule has 2 rings (SSSR count). The molecule has 0 saturated carbocycles. The average Bonchev–Trinajstić information content (AvgIpc) is 2.34. The number of benzene rings is 1. The molecule has 0 N–H and O–H groups in total. The van der Waals surface area contributed by atoms with Crippen molar-refractivity contribution in [3.05, 3.63) is 29.8 Å². The Kier molecular flexibility index (Phi) is 3.88. The number of anilines is 1. The SMILES string of the molecule is Cc1ccc(N2CC(CC#N)N(C)CC2C)cc1. The fourth-order valence-electron chi connectivity index (χ4n) is 2.63. The van der Waals surface area contributed by atoms with Gasteiger partial charge in [-0.25, -0.2) is 0 Å². The van der Waals surface area contributed by atoms with Gasteiger partial charge in [0.15, 0.2) is 0 Å². The summed E-state index contributed by atoms with van der Waals surface area (Å²) in [6.45, 7) is 6.31. The van der Waals surface area contributed by atoms with E-state index in [-0.39, 0.29) is 0 Å². The number of hydrogen-bond donors (Lipinski definition) is 0. The molecule has 0 radical (unpaired) electrons. The molecule has 0 aromatic heterocycles. The Labute approximate surface area is 110 Å². The molecule has 2 unspecified atom stereocenters. The number of likely N-dealkylation sites (N-methyl/N-ethyl adjacent to an activating group) is 1. The van der Waals surface area contributed by atoms with Crippen molar-refractivity contribution in [2.24, 2.45) is 0 Å². The highest BCUT2D eigenvalue weighted by molar-refractivity contribution is 5.49. The highest BCUT2D eigenvalue weighted by Crippen LogP contribution is 2.23. The molecular weight excluding hydrogens is 222 g/mol. The van der Waals surface area contributed by atoms with E-state index < -0.39 is 0 Å². The van der Waals surface area contributed by atoms with E-state index in [9.17, 15) is 0 Å². The Morgan fingerprint density at radius 2 is 1.94 bits per heavy atom. The van der Waals surface area contributed by atoms with Gasteiger partial charge < -0.3 is 4.90 Å². The molecule has 1 aliphatic rings. The van der Waals surface area contributed by atoms with Gasteiger partial charge in [0.05, 0.1) is 12.5 Å². The van der Waals surface area contributed by atoms with E-state index in [1.165, 1.54) is 11.3 Å². The summed E-state index contributed by atoms with van der Waals surface area (Å²) < 4.78 is 0. The Morgan fingerprint density at radius 1 is 1.28 bits per heavy atom. The molecule has 1 saturated heterocycles. The number of nitriles is 1. The molecule has 1 aromatic carbocycles. The minimum atomic E-state index is 0.340. The van der Waals surface area contributed by atoms with E-state index >= 15 is 0 Å². The van der Waals surface area contributed by atoms with E-state index in [2.05, 4.69) is 61.0 Å². The van der Waals surface area contributed by atoms with Crippen LogP contribution in [0.1, 0.15) is 18.9 Å². The van der Waals surface area contributed by atoms with E-state index in [1.54, 1.807) is 0 Å². The van der Waals surface area contributed by atoms with Crippen LogP contribution in [0.4, 0.5) is 5.69 Å². The smallest absolute Gasteiger partial charge is 0.0638 e. The molecule has 3 heteroatoms. The predicted molar refractivity (Wildman–Crippen MR) is 74.6 cm³/mol. The lowest BCUT2D eigenvalue weighted by Gasteiger charge is -2.44. The first kappa shape index (κ1) is 12.9. The maximum atomic E-state index is 8.90. The van der Waals surface area contributed by atoms with Gasteiger partial charge in [-0.1, -0.05) is 17.7 Å². The molecule has 0 bridgehead atoms. The van der Waals surface area contributed by atoms with Crippen LogP contribution in [0.5, 0.6) is 0 Å². The van der Waals surface area contributed by atoms with Crippen LogP contribution in [0.25, 0.3) is 0 Å². The fraction of sp³-hybridized carbons (Fsp3) is 0.533. The van der Waals surface area contributed by atoms with E-state index in [4.69, 9.17) is 5.26 Å². The Morgan fingerprint density at radius 3 is 2.56 bits per heavy atom. The van der Waals surface area contributed by atoms with Crippen molar-refractivity contribution in [1.82, 2.24) is 4.90 Å². The van der Waals surface area contributed by atoms with Crippen LogP contribution in [0.3, 0.4) is 0 Å². The fourth-order valence-corrected chi connectivity index (χ4v) is 2.63. The second kappa shape index (κ2) is 5.41. The monoisotopic (exact) mass is 243 g/mol. The van der Waals surface area contributed by atoms with Gasteiger partial charge in [-0.2, -0.15) is 5.26 Å². The van der Waals surface area contributed by atoms with Crippen molar-refractivity contribution in [2.75, 3.05) is 25.0 Å². The van der Waals surface area contributed by atoms with E-state index in [0.717, 1.165) is 13.1 Å². The first-order chi connectivity index (χ1) is 8.61. The van der Waals surface area contributed by atoms with Crippen LogP contribution >= 0.6 is 0 Å². The number of rotatable bonds is 2. The zero-order valence-corrected chi connectivity index (χ0v) is 11.4. The zero-order chi connectivity index (χ0) is 13.1. The first-order valence-electron chi connectivity index (χ1n) is 6.52. The van der Waals surface area contributed by atoms with Gasteiger partial charge in [0.2, 0.25) is 0 Å². The van der Waals surface area contributed by atoms with Gasteiger partial charge in [-0.05, 0) is 33.0 Å². The molecular formula is C15H21N3. The molecule has 1 aromatic rings. The minimum absolute atomic E-state index is 0.340. The van der Waals surface area contributed by atoms with E-state index in [1.807, 2.05) is 0 Å². The summed E-state index contributed by atoms with van der Waals surface area (Å²) >= 11 is 0. The zero-order valence-electron chi connectivity index (χ0n) is 11.4. The first-order valence-corrected chi connectivity index (χ1v) is 6.52. The number of aryl methyl sites for hydroxylation is 1. The predicted octanol–water partition coefficient (Wildman–Crippen LogP) is 2.42. The van der Waals surface area contributed by atoms with Crippen molar-refractivity contribution >= 4 is 5.69 Å². The number of piperazine rings is 1.